The quantitative estimate of drug-likeness (QED) is 0.754. The molecule has 2 rings (SSSR count). The van der Waals surface area contributed by atoms with E-state index in [0.717, 1.165) is 0 Å². The lowest BCUT2D eigenvalue weighted by atomic mass is 10.1. The van der Waals surface area contributed by atoms with Crippen LogP contribution in [-0.4, -0.2) is 5.91 Å². The van der Waals surface area contributed by atoms with Gasteiger partial charge in [0.1, 0.15) is 0 Å². The van der Waals surface area contributed by atoms with E-state index in [1.165, 1.54) is 6.07 Å². The fourth-order valence-corrected chi connectivity index (χ4v) is 1.86. The molecule has 2 aromatic carbocycles. The minimum atomic E-state index is -0.608. The number of nitrogen functional groups attached to an aromatic ring is 1. The van der Waals surface area contributed by atoms with Crippen molar-refractivity contribution in [1.29, 1.82) is 5.26 Å². The molecule has 2 aromatic rings. The van der Waals surface area contributed by atoms with Crippen LogP contribution in [0.15, 0.2) is 36.4 Å². The third-order valence-corrected chi connectivity index (χ3v) is 3.02. The molecule has 0 fully saturated rings. The highest BCUT2D eigenvalue weighted by Crippen LogP contribution is 2.27. The number of benzene rings is 2. The van der Waals surface area contributed by atoms with E-state index in [9.17, 15) is 4.79 Å². The average Bonchev–Trinajstić information content (AvgIpc) is 2.43. The highest BCUT2D eigenvalue weighted by molar-refractivity contribution is 6.33. The molecule has 20 heavy (non-hydrogen) atoms. The number of nitriles is 1. The maximum absolute atomic E-state index is 11.2. The second-order valence-electron chi connectivity index (χ2n) is 4.10. The Balaban J connectivity index is 2.38. The zero-order chi connectivity index (χ0) is 14.7. The maximum Gasteiger partial charge on any atom is 0.250 e. The minimum Gasteiger partial charge on any atom is -0.398 e. The Morgan fingerprint density at radius 2 is 2.00 bits per heavy atom. The minimum absolute atomic E-state index is 0.225. The van der Waals surface area contributed by atoms with E-state index < -0.39 is 5.91 Å². The second kappa shape index (κ2) is 5.51. The van der Waals surface area contributed by atoms with Gasteiger partial charge in [-0.2, -0.15) is 5.26 Å². The standard InChI is InChI=1S/C14H11ClN4O/c15-11-3-1-8(7-16)5-13(11)19-9-2-4-12(17)10(6-9)14(18)20/h1-6,19H,17H2,(H2,18,20). The Bertz CT molecular complexity index is 722. The number of rotatable bonds is 3. The number of nitrogens with one attached hydrogen (secondary N) is 1. The van der Waals surface area contributed by atoms with Crippen molar-refractivity contribution in [3.63, 3.8) is 0 Å². The van der Waals surface area contributed by atoms with Gasteiger partial charge < -0.3 is 16.8 Å². The molecule has 0 aromatic heterocycles. The molecule has 0 bridgehead atoms. The van der Waals surface area contributed by atoms with Crippen LogP contribution in [0, 0.1) is 11.3 Å². The van der Waals surface area contributed by atoms with E-state index in [4.69, 9.17) is 28.3 Å². The molecule has 5 N–H and O–H groups in total. The molecule has 0 heterocycles. The average molecular weight is 287 g/mol. The first kappa shape index (κ1) is 13.7. The Morgan fingerprint density at radius 1 is 1.25 bits per heavy atom. The molecular formula is C14H11ClN4O. The molecule has 0 atom stereocenters. The lowest BCUT2D eigenvalue weighted by Crippen LogP contribution is -2.13. The number of anilines is 3. The molecule has 0 aliphatic carbocycles. The maximum atomic E-state index is 11.2. The van der Waals surface area contributed by atoms with E-state index in [1.54, 1.807) is 30.3 Å². The van der Waals surface area contributed by atoms with Crippen LogP contribution in [0.4, 0.5) is 17.1 Å². The largest absolute Gasteiger partial charge is 0.398 e. The molecule has 0 aliphatic heterocycles. The van der Waals surface area contributed by atoms with Gasteiger partial charge in [-0.05, 0) is 36.4 Å². The van der Waals surface area contributed by atoms with Crippen LogP contribution in [-0.2, 0) is 0 Å². The highest BCUT2D eigenvalue weighted by Gasteiger charge is 2.08. The third kappa shape index (κ3) is 2.82. The SMILES string of the molecule is N#Cc1ccc(Cl)c(Nc2ccc(N)c(C(N)=O)c2)c1. The Labute approximate surface area is 120 Å². The molecule has 0 aliphatic rings. The number of primary amides is 1. The number of nitrogens with two attached hydrogens (primary N) is 2. The number of carbonyl (C=O) groups is 1. The van der Waals surface area contributed by atoms with Gasteiger partial charge in [0.05, 0.1) is 27.9 Å². The van der Waals surface area contributed by atoms with Crippen LogP contribution in [0.25, 0.3) is 0 Å². The van der Waals surface area contributed by atoms with E-state index in [2.05, 4.69) is 5.32 Å². The van der Waals surface area contributed by atoms with Crippen molar-refractivity contribution in [2.75, 3.05) is 11.1 Å². The summed E-state index contributed by atoms with van der Waals surface area (Å²) in [6.45, 7) is 0. The normalized spacial score (nSPS) is 9.80. The predicted octanol–water partition coefficient (Wildman–Crippen LogP) is 2.64. The summed E-state index contributed by atoms with van der Waals surface area (Å²) in [6, 6.07) is 11.7. The van der Waals surface area contributed by atoms with Gasteiger partial charge in [0.25, 0.3) is 5.91 Å². The molecule has 5 nitrogen and oxygen atoms in total. The van der Waals surface area contributed by atoms with Crippen LogP contribution in [0.5, 0.6) is 0 Å². The van der Waals surface area contributed by atoms with Crippen molar-refractivity contribution in [1.82, 2.24) is 0 Å². The summed E-state index contributed by atoms with van der Waals surface area (Å²) in [5, 5.41) is 12.4. The van der Waals surface area contributed by atoms with Gasteiger partial charge in [0, 0.05) is 11.4 Å². The highest BCUT2D eigenvalue weighted by atomic mass is 35.5. The van der Waals surface area contributed by atoms with Crippen LogP contribution < -0.4 is 16.8 Å². The van der Waals surface area contributed by atoms with Crippen LogP contribution in [0.3, 0.4) is 0 Å². The number of amides is 1. The molecule has 1 amide bonds. The number of halogens is 1. The van der Waals surface area contributed by atoms with E-state index in [1.807, 2.05) is 6.07 Å². The number of hydrogen-bond donors (Lipinski definition) is 3. The molecule has 100 valence electrons. The van der Waals surface area contributed by atoms with Crippen molar-refractivity contribution in [2.24, 2.45) is 5.73 Å². The number of nitrogens with zero attached hydrogens (tertiary/aromatic N) is 1. The first-order valence-corrected chi connectivity index (χ1v) is 6.05. The van der Waals surface area contributed by atoms with Crippen LogP contribution >= 0.6 is 11.6 Å². The van der Waals surface area contributed by atoms with Gasteiger partial charge >= 0.3 is 0 Å². The smallest absolute Gasteiger partial charge is 0.250 e. The molecular weight excluding hydrogens is 276 g/mol. The Hall–Kier alpha value is -2.71. The molecule has 0 saturated carbocycles. The number of carbonyl (C=O) groups excluding carboxylic acids is 1. The molecule has 6 heteroatoms. The Kier molecular flexibility index (Phi) is 3.78. The van der Waals surface area contributed by atoms with E-state index in [0.29, 0.717) is 27.6 Å². The fourth-order valence-electron chi connectivity index (χ4n) is 1.69. The molecule has 0 saturated heterocycles. The fraction of sp³-hybridized carbons (Fsp3) is 0. The summed E-state index contributed by atoms with van der Waals surface area (Å²) in [4.78, 5) is 11.2. The van der Waals surface area contributed by atoms with Gasteiger partial charge in [-0.25, -0.2) is 0 Å². The van der Waals surface area contributed by atoms with Gasteiger partial charge in [-0.15, -0.1) is 0 Å². The van der Waals surface area contributed by atoms with Gasteiger partial charge in [-0.3, -0.25) is 4.79 Å². The van der Waals surface area contributed by atoms with Gasteiger partial charge in [-0.1, -0.05) is 11.6 Å². The number of hydrogen-bond acceptors (Lipinski definition) is 4. The lowest BCUT2D eigenvalue weighted by molar-refractivity contribution is 0.100. The summed E-state index contributed by atoms with van der Waals surface area (Å²) in [5.41, 5.74) is 13.1. The second-order valence-corrected chi connectivity index (χ2v) is 4.50. The van der Waals surface area contributed by atoms with Crippen LogP contribution in [0.1, 0.15) is 15.9 Å². The van der Waals surface area contributed by atoms with E-state index in [-0.39, 0.29) is 5.56 Å². The zero-order valence-corrected chi connectivity index (χ0v) is 11.1. The topological polar surface area (TPSA) is 105 Å². The van der Waals surface area contributed by atoms with E-state index >= 15 is 0 Å². The van der Waals surface area contributed by atoms with Crippen molar-refractivity contribution < 1.29 is 4.79 Å². The summed E-state index contributed by atoms with van der Waals surface area (Å²) in [5.74, 6) is -0.608. The summed E-state index contributed by atoms with van der Waals surface area (Å²) in [7, 11) is 0. The summed E-state index contributed by atoms with van der Waals surface area (Å²) < 4.78 is 0. The first-order valence-electron chi connectivity index (χ1n) is 5.67. The van der Waals surface area contributed by atoms with Crippen molar-refractivity contribution >= 4 is 34.6 Å². The molecule has 0 radical (unpaired) electrons. The summed E-state index contributed by atoms with van der Waals surface area (Å²) in [6.07, 6.45) is 0. The monoisotopic (exact) mass is 286 g/mol. The summed E-state index contributed by atoms with van der Waals surface area (Å²) >= 11 is 6.05. The Morgan fingerprint density at radius 3 is 2.65 bits per heavy atom. The van der Waals surface area contributed by atoms with Gasteiger partial charge in [0.2, 0.25) is 0 Å². The molecule has 0 spiro atoms. The van der Waals surface area contributed by atoms with Crippen molar-refractivity contribution in [2.45, 2.75) is 0 Å². The first-order chi connectivity index (χ1) is 9.51. The predicted molar refractivity (Wildman–Crippen MR) is 78.8 cm³/mol. The van der Waals surface area contributed by atoms with Gasteiger partial charge in [0.15, 0.2) is 0 Å². The van der Waals surface area contributed by atoms with Crippen molar-refractivity contribution in [3.8, 4) is 6.07 Å². The lowest BCUT2D eigenvalue weighted by Gasteiger charge is -2.10. The van der Waals surface area contributed by atoms with Crippen LogP contribution in [0.2, 0.25) is 5.02 Å². The third-order valence-electron chi connectivity index (χ3n) is 2.69. The zero-order valence-electron chi connectivity index (χ0n) is 10.4. The molecule has 0 unspecified atom stereocenters. The van der Waals surface area contributed by atoms with Crippen molar-refractivity contribution in [3.05, 3.63) is 52.5 Å².